The Hall–Kier alpha value is -4.07. The number of benzene rings is 2. The molecule has 38 heavy (non-hydrogen) atoms. The Morgan fingerprint density at radius 3 is 2.39 bits per heavy atom. The Labute approximate surface area is 222 Å². The Balaban J connectivity index is 1.34. The third-order valence-corrected chi connectivity index (χ3v) is 7.36. The van der Waals surface area contributed by atoms with E-state index >= 15 is 0 Å². The molecule has 2 aliphatic rings. The Kier molecular flexibility index (Phi) is 5.97. The lowest BCUT2D eigenvalue weighted by Gasteiger charge is -2.37. The zero-order valence-corrected chi connectivity index (χ0v) is 22.0. The summed E-state index contributed by atoms with van der Waals surface area (Å²) in [5.41, 5.74) is 5.44. The fraction of sp³-hybridized carbons (Fsp3) is 0.367. The van der Waals surface area contributed by atoms with Gasteiger partial charge in [0.2, 0.25) is 0 Å². The Bertz CT molecular complexity index is 1450. The first kappa shape index (κ1) is 24.3. The minimum atomic E-state index is -0.518. The second-order valence-corrected chi connectivity index (χ2v) is 11.2. The molecule has 1 amide bonds. The summed E-state index contributed by atoms with van der Waals surface area (Å²) >= 11 is 0. The first-order valence-corrected chi connectivity index (χ1v) is 13.2. The fourth-order valence-corrected chi connectivity index (χ4v) is 5.36. The van der Waals surface area contributed by atoms with Crippen molar-refractivity contribution in [2.24, 2.45) is 0 Å². The first-order valence-electron chi connectivity index (χ1n) is 13.2. The summed E-state index contributed by atoms with van der Waals surface area (Å²) in [5, 5.41) is 18.8. The first-order chi connectivity index (χ1) is 18.3. The van der Waals surface area contributed by atoms with Crippen LogP contribution in [0.4, 0.5) is 10.5 Å². The van der Waals surface area contributed by atoms with Crippen molar-refractivity contribution < 1.29 is 14.6 Å². The maximum Gasteiger partial charge on any atom is 0.410 e. The van der Waals surface area contributed by atoms with Crippen molar-refractivity contribution in [3.8, 4) is 17.0 Å². The van der Waals surface area contributed by atoms with Crippen LogP contribution in [0.3, 0.4) is 0 Å². The summed E-state index contributed by atoms with van der Waals surface area (Å²) in [5.74, 6) is 1.05. The number of aromatic hydroxyl groups is 1. The molecule has 196 valence electrons. The van der Waals surface area contributed by atoms with E-state index in [4.69, 9.17) is 9.72 Å². The van der Waals surface area contributed by atoms with Crippen LogP contribution in [0.2, 0.25) is 0 Å². The van der Waals surface area contributed by atoms with Gasteiger partial charge in [-0.3, -0.25) is 5.10 Å². The van der Waals surface area contributed by atoms with Crippen LogP contribution in [0.25, 0.3) is 22.3 Å². The van der Waals surface area contributed by atoms with Gasteiger partial charge < -0.3 is 19.6 Å². The van der Waals surface area contributed by atoms with Crippen LogP contribution in [0.5, 0.6) is 5.75 Å². The number of hydrogen-bond acceptors (Lipinski definition) is 6. The largest absolute Gasteiger partial charge is 0.508 e. The molecule has 1 aliphatic heterocycles. The summed E-state index contributed by atoms with van der Waals surface area (Å²) in [6.07, 6.45) is 0.807. The van der Waals surface area contributed by atoms with Crippen LogP contribution in [0, 0.1) is 0 Å². The second kappa shape index (κ2) is 9.35. The van der Waals surface area contributed by atoms with E-state index in [1.807, 2.05) is 32.9 Å². The van der Waals surface area contributed by atoms with E-state index in [2.05, 4.69) is 51.5 Å². The average molecular weight is 512 g/mol. The van der Waals surface area contributed by atoms with Gasteiger partial charge in [0.05, 0.1) is 22.5 Å². The number of phenolic OH excluding ortho intramolecular Hbond substituents is 1. The number of nitrogens with one attached hydrogen (secondary N) is 1. The molecule has 4 aromatic rings. The van der Waals surface area contributed by atoms with Crippen molar-refractivity contribution in [3.63, 3.8) is 0 Å². The smallest absolute Gasteiger partial charge is 0.410 e. The van der Waals surface area contributed by atoms with Crippen molar-refractivity contribution in [2.45, 2.75) is 44.6 Å². The molecule has 0 radical (unpaired) electrons. The number of amides is 1. The van der Waals surface area contributed by atoms with Gasteiger partial charge in [0.25, 0.3) is 0 Å². The molecule has 2 unspecified atom stereocenters. The average Bonchev–Trinajstić information content (AvgIpc) is 3.59. The van der Waals surface area contributed by atoms with Gasteiger partial charge in [-0.05, 0) is 69.0 Å². The van der Waals surface area contributed by atoms with Crippen molar-refractivity contribution in [2.75, 3.05) is 31.1 Å². The molecule has 1 aliphatic carbocycles. The molecule has 2 aromatic heterocycles. The molecule has 0 bridgehead atoms. The van der Waals surface area contributed by atoms with Crippen molar-refractivity contribution in [1.82, 2.24) is 20.1 Å². The predicted octanol–water partition coefficient (Wildman–Crippen LogP) is 5.66. The number of carbonyl (C=O) groups excluding carboxylic acids is 1. The summed E-state index contributed by atoms with van der Waals surface area (Å²) in [6, 6.07) is 19.8. The number of hydrogen-bond donors (Lipinski definition) is 2. The van der Waals surface area contributed by atoms with Gasteiger partial charge in [0.1, 0.15) is 11.4 Å². The molecule has 3 heterocycles. The molecule has 2 aromatic carbocycles. The molecule has 8 heteroatoms. The van der Waals surface area contributed by atoms with Crippen LogP contribution >= 0.6 is 0 Å². The molecule has 0 spiro atoms. The van der Waals surface area contributed by atoms with Crippen molar-refractivity contribution in [1.29, 1.82) is 0 Å². The van der Waals surface area contributed by atoms with Crippen LogP contribution < -0.4 is 4.90 Å². The standard InChI is InChI=1S/C30H33N5O3/c1-30(2,3)38-29(37)35-15-13-34(14-16-35)25-18-24(20-9-11-21(36)12-10-20)31-28-26(25)27(32-33-28)23-17-22(23)19-7-5-4-6-8-19/h4-12,18,22-23,36H,13-17H2,1-3H3,(H,31,32,33). The van der Waals surface area contributed by atoms with Crippen molar-refractivity contribution in [3.05, 3.63) is 71.9 Å². The normalized spacial score (nSPS) is 19.6. The lowest BCUT2D eigenvalue weighted by molar-refractivity contribution is 0.0240. The molecular weight excluding hydrogens is 478 g/mol. The zero-order chi connectivity index (χ0) is 26.4. The molecule has 2 atom stereocenters. The zero-order valence-electron chi connectivity index (χ0n) is 22.0. The number of nitrogens with zero attached hydrogens (tertiary/aromatic N) is 4. The maximum atomic E-state index is 12.7. The third-order valence-electron chi connectivity index (χ3n) is 7.36. The van der Waals surface area contributed by atoms with Crippen molar-refractivity contribution >= 4 is 22.8 Å². The van der Waals surface area contributed by atoms with Gasteiger partial charge in [-0.25, -0.2) is 9.78 Å². The predicted molar refractivity (Wildman–Crippen MR) is 148 cm³/mol. The van der Waals surface area contributed by atoms with Gasteiger partial charge >= 0.3 is 6.09 Å². The second-order valence-electron chi connectivity index (χ2n) is 11.2. The number of piperazine rings is 1. The number of fused-ring (bicyclic) bond motifs is 1. The number of rotatable bonds is 4. The lowest BCUT2D eigenvalue weighted by atomic mass is 10.0. The fourth-order valence-electron chi connectivity index (χ4n) is 5.36. The van der Waals surface area contributed by atoms with E-state index in [0.29, 0.717) is 43.7 Å². The Morgan fingerprint density at radius 1 is 1.00 bits per heavy atom. The molecule has 6 rings (SSSR count). The van der Waals surface area contributed by atoms with E-state index in [9.17, 15) is 9.90 Å². The topological polar surface area (TPSA) is 94.6 Å². The minimum absolute atomic E-state index is 0.219. The van der Waals surface area contributed by atoms with E-state index in [1.54, 1.807) is 17.0 Å². The number of aromatic nitrogens is 3. The third kappa shape index (κ3) is 4.78. The molecule has 1 saturated heterocycles. The summed E-state index contributed by atoms with van der Waals surface area (Å²) in [4.78, 5) is 21.7. The number of anilines is 1. The SMILES string of the molecule is CC(C)(C)OC(=O)N1CCN(c2cc(-c3ccc(O)cc3)nc3n[nH]c(C4CC4c4ccccc4)c23)CC1. The highest BCUT2D eigenvalue weighted by Gasteiger charge is 2.42. The summed E-state index contributed by atoms with van der Waals surface area (Å²) < 4.78 is 5.60. The highest BCUT2D eigenvalue weighted by atomic mass is 16.6. The van der Waals surface area contributed by atoms with Gasteiger partial charge in [-0.1, -0.05) is 30.3 Å². The highest BCUT2D eigenvalue weighted by Crippen LogP contribution is 2.56. The van der Waals surface area contributed by atoms with E-state index in [1.165, 1.54) is 5.56 Å². The van der Waals surface area contributed by atoms with Crippen LogP contribution in [-0.2, 0) is 4.74 Å². The number of aromatic amines is 1. The van der Waals surface area contributed by atoms with Gasteiger partial charge in [-0.15, -0.1) is 0 Å². The molecule has 2 N–H and O–H groups in total. The highest BCUT2D eigenvalue weighted by molar-refractivity contribution is 5.95. The lowest BCUT2D eigenvalue weighted by Crippen LogP contribution is -2.50. The molecule has 8 nitrogen and oxygen atoms in total. The van der Waals surface area contributed by atoms with Crippen LogP contribution in [0.15, 0.2) is 60.7 Å². The van der Waals surface area contributed by atoms with E-state index < -0.39 is 5.60 Å². The van der Waals surface area contributed by atoms with E-state index in [-0.39, 0.29) is 11.8 Å². The maximum absolute atomic E-state index is 12.7. The quantitative estimate of drug-likeness (QED) is 0.367. The van der Waals surface area contributed by atoms with Gasteiger partial charge in [0, 0.05) is 37.7 Å². The number of pyridine rings is 1. The van der Waals surface area contributed by atoms with Gasteiger partial charge in [-0.2, -0.15) is 5.10 Å². The number of phenols is 1. The van der Waals surface area contributed by atoms with E-state index in [0.717, 1.165) is 34.4 Å². The summed E-state index contributed by atoms with van der Waals surface area (Å²) in [7, 11) is 0. The number of carbonyl (C=O) groups is 1. The number of H-pyrrole nitrogens is 1. The van der Waals surface area contributed by atoms with Crippen LogP contribution in [0.1, 0.15) is 50.3 Å². The molecular formula is C30H33N5O3. The van der Waals surface area contributed by atoms with Gasteiger partial charge in [0.15, 0.2) is 5.65 Å². The Morgan fingerprint density at radius 2 is 1.71 bits per heavy atom. The summed E-state index contributed by atoms with van der Waals surface area (Å²) in [6.45, 7) is 8.20. The molecule has 2 fully saturated rings. The monoisotopic (exact) mass is 511 g/mol. The minimum Gasteiger partial charge on any atom is -0.508 e. The molecule has 1 saturated carbocycles. The number of ether oxygens (including phenoxy) is 1. The van der Waals surface area contributed by atoms with Crippen LogP contribution in [-0.4, -0.2) is 63.1 Å².